The molecule has 1 rings (SSSR count). The van der Waals surface area contributed by atoms with Gasteiger partial charge in [-0.05, 0) is 12.6 Å². The monoisotopic (exact) mass is 197 g/mol. The summed E-state index contributed by atoms with van der Waals surface area (Å²) in [6.07, 6.45) is 2.88. The molecule has 0 spiro atoms. The van der Waals surface area contributed by atoms with Crippen molar-refractivity contribution in [3.05, 3.63) is 18.0 Å². The SMILES string of the molecule is CCNC(COC)Cc1ccn(C)n1. The lowest BCUT2D eigenvalue weighted by molar-refractivity contribution is 0.166. The highest BCUT2D eigenvalue weighted by Crippen LogP contribution is 2.00. The Bertz CT molecular complexity index is 254. The molecule has 0 saturated carbocycles. The Kier molecular flexibility index (Phi) is 4.62. The highest BCUT2D eigenvalue weighted by atomic mass is 16.5. The number of nitrogens with one attached hydrogen (secondary N) is 1. The number of ether oxygens (including phenoxy) is 1. The van der Waals surface area contributed by atoms with Gasteiger partial charge in [0.15, 0.2) is 0 Å². The molecule has 1 atom stereocenters. The Labute approximate surface area is 85.3 Å². The fourth-order valence-electron chi connectivity index (χ4n) is 1.50. The Morgan fingerprint density at radius 2 is 2.43 bits per heavy atom. The van der Waals surface area contributed by atoms with Crippen molar-refractivity contribution in [2.75, 3.05) is 20.3 Å². The molecule has 1 unspecified atom stereocenters. The summed E-state index contributed by atoms with van der Waals surface area (Å²) < 4.78 is 6.96. The van der Waals surface area contributed by atoms with E-state index in [-0.39, 0.29) is 0 Å². The molecule has 4 nitrogen and oxygen atoms in total. The van der Waals surface area contributed by atoms with Gasteiger partial charge in [-0.2, -0.15) is 5.10 Å². The van der Waals surface area contributed by atoms with Gasteiger partial charge in [0.05, 0.1) is 12.3 Å². The van der Waals surface area contributed by atoms with Gasteiger partial charge in [-0.3, -0.25) is 4.68 Å². The van der Waals surface area contributed by atoms with Gasteiger partial charge in [-0.15, -0.1) is 0 Å². The highest BCUT2D eigenvalue weighted by Gasteiger charge is 2.09. The zero-order valence-electron chi connectivity index (χ0n) is 9.16. The molecule has 0 aliphatic rings. The molecule has 0 radical (unpaired) electrons. The number of rotatable bonds is 6. The summed E-state index contributed by atoms with van der Waals surface area (Å²) >= 11 is 0. The van der Waals surface area contributed by atoms with E-state index in [2.05, 4.69) is 17.3 Å². The topological polar surface area (TPSA) is 39.1 Å². The molecule has 14 heavy (non-hydrogen) atoms. The van der Waals surface area contributed by atoms with Crippen LogP contribution in [0.5, 0.6) is 0 Å². The molecule has 0 bridgehead atoms. The van der Waals surface area contributed by atoms with Crippen LogP contribution in [0.2, 0.25) is 0 Å². The van der Waals surface area contributed by atoms with Crippen LogP contribution in [0.4, 0.5) is 0 Å². The summed E-state index contributed by atoms with van der Waals surface area (Å²) in [5.74, 6) is 0. The normalized spacial score (nSPS) is 13.1. The number of aromatic nitrogens is 2. The second-order valence-corrected chi connectivity index (χ2v) is 3.39. The van der Waals surface area contributed by atoms with Gasteiger partial charge in [0.25, 0.3) is 0 Å². The quantitative estimate of drug-likeness (QED) is 0.725. The second-order valence-electron chi connectivity index (χ2n) is 3.39. The summed E-state index contributed by atoms with van der Waals surface area (Å²) in [6, 6.07) is 2.40. The van der Waals surface area contributed by atoms with E-state index >= 15 is 0 Å². The van der Waals surface area contributed by atoms with E-state index in [1.54, 1.807) is 7.11 Å². The summed E-state index contributed by atoms with van der Waals surface area (Å²) in [6.45, 7) is 3.78. The predicted octanol–water partition coefficient (Wildman–Crippen LogP) is 0.587. The summed E-state index contributed by atoms with van der Waals surface area (Å²) in [7, 11) is 3.66. The fraction of sp³-hybridized carbons (Fsp3) is 0.700. The van der Waals surface area contributed by atoms with Gasteiger partial charge >= 0.3 is 0 Å². The summed E-state index contributed by atoms with van der Waals surface area (Å²) in [4.78, 5) is 0. The smallest absolute Gasteiger partial charge is 0.0640 e. The van der Waals surface area contributed by atoms with Gasteiger partial charge in [-0.1, -0.05) is 6.92 Å². The maximum absolute atomic E-state index is 5.14. The molecule has 1 aromatic rings. The molecule has 0 aliphatic carbocycles. The van der Waals surface area contributed by atoms with Gasteiger partial charge in [0.2, 0.25) is 0 Å². The molecule has 0 amide bonds. The minimum Gasteiger partial charge on any atom is -0.383 e. The molecule has 1 heterocycles. The summed E-state index contributed by atoms with van der Waals surface area (Å²) in [5.41, 5.74) is 1.11. The van der Waals surface area contributed by atoms with Crippen LogP contribution in [-0.4, -0.2) is 36.1 Å². The van der Waals surface area contributed by atoms with Crippen LogP contribution in [-0.2, 0) is 18.2 Å². The number of aryl methyl sites for hydroxylation is 1. The molecule has 0 aromatic carbocycles. The first-order valence-electron chi connectivity index (χ1n) is 4.97. The van der Waals surface area contributed by atoms with Crippen molar-refractivity contribution in [3.63, 3.8) is 0 Å². The van der Waals surface area contributed by atoms with Crippen molar-refractivity contribution in [2.45, 2.75) is 19.4 Å². The standard InChI is InChI=1S/C10H19N3O/c1-4-11-10(8-14-3)7-9-5-6-13(2)12-9/h5-6,10-11H,4,7-8H2,1-3H3. The fourth-order valence-corrected chi connectivity index (χ4v) is 1.50. The van der Waals surface area contributed by atoms with Crippen LogP contribution < -0.4 is 5.32 Å². The lowest BCUT2D eigenvalue weighted by Gasteiger charge is -2.15. The number of likely N-dealkylation sites (N-methyl/N-ethyl adjacent to an activating group) is 1. The van der Waals surface area contributed by atoms with Crippen LogP contribution in [0.15, 0.2) is 12.3 Å². The van der Waals surface area contributed by atoms with E-state index in [4.69, 9.17) is 4.74 Å². The minimum absolute atomic E-state index is 0.361. The average molecular weight is 197 g/mol. The third-order valence-electron chi connectivity index (χ3n) is 2.09. The van der Waals surface area contributed by atoms with Gasteiger partial charge in [-0.25, -0.2) is 0 Å². The Morgan fingerprint density at radius 1 is 1.64 bits per heavy atom. The first-order chi connectivity index (χ1) is 6.76. The van der Waals surface area contributed by atoms with Crippen molar-refractivity contribution >= 4 is 0 Å². The maximum atomic E-state index is 5.14. The summed E-state index contributed by atoms with van der Waals surface area (Å²) in [5, 5.41) is 7.70. The zero-order valence-corrected chi connectivity index (χ0v) is 9.16. The Morgan fingerprint density at radius 3 is 2.93 bits per heavy atom. The van der Waals surface area contributed by atoms with E-state index in [0.717, 1.165) is 25.3 Å². The molecule has 0 fully saturated rings. The van der Waals surface area contributed by atoms with Crippen molar-refractivity contribution in [1.82, 2.24) is 15.1 Å². The first kappa shape index (κ1) is 11.2. The first-order valence-corrected chi connectivity index (χ1v) is 4.97. The van der Waals surface area contributed by atoms with Crippen molar-refractivity contribution in [3.8, 4) is 0 Å². The Hall–Kier alpha value is -0.870. The number of methoxy groups -OCH3 is 1. The van der Waals surface area contributed by atoms with Crippen molar-refractivity contribution in [2.24, 2.45) is 7.05 Å². The number of nitrogens with zero attached hydrogens (tertiary/aromatic N) is 2. The van der Waals surface area contributed by atoms with Crippen molar-refractivity contribution in [1.29, 1.82) is 0 Å². The third-order valence-corrected chi connectivity index (χ3v) is 2.09. The van der Waals surface area contributed by atoms with Crippen LogP contribution in [0.25, 0.3) is 0 Å². The van der Waals surface area contributed by atoms with Gasteiger partial charge < -0.3 is 10.1 Å². The van der Waals surface area contributed by atoms with E-state index < -0.39 is 0 Å². The predicted molar refractivity (Wildman–Crippen MR) is 56.3 cm³/mol. The molecule has 1 N–H and O–H groups in total. The largest absolute Gasteiger partial charge is 0.383 e. The van der Waals surface area contributed by atoms with E-state index in [0.29, 0.717) is 6.04 Å². The Balaban J connectivity index is 2.46. The van der Waals surface area contributed by atoms with Crippen LogP contribution in [0, 0.1) is 0 Å². The van der Waals surface area contributed by atoms with E-state index in [1.165, 1.54) is 0 Å². The van der Waals surface area contributed by atoms with Crippen molar-refractivity contribution < 1.29 is 4.74 Å². The molecule has 80 valence electrons. The minimum atomic E-state index is 0.361. The molecular formula is C10H19N3O. The highest BCUT2D eigenvalue weighted by molar-refractivity contribution is 5.01. The van der Waals surface area contributed by atoms with Gasteiger partial charge in [0, 0.05) is 32.8 Å². The second kappa shape index (κ2) is 5.78. The lowest BCUT2D eigenvalue weighted by atomic mass is 10.1. The van der Waals surface area contributed by atoms with Crippen LogP contribution in [0.3, 0.4) is 0 Å². The maximum Gasteiger partial charge on any atom is 0.0640 e. The number of hydrogen-bond donors (Lipinski definition) is 1. The molecular weight excluding hydrogens is 178 g/mol. The molecule has 0 aliphatic heterocycles. The molecule has 4 heteroatoms. The lowest BCUT2D eigenvalue weighted by Crippen LogP contribution is -2.35. The average Bonchev–Trinajstić information content (AvgIpc) is 2.52. The molecule has 1 aromatic heterocycles. The van der Waals surface area contributed by atoms with Crippen LogP contribution in [0.1, 0.15) is 12.6 Å². The number of hydrogen-bond acceptors (Lipinski definition) is 3. The van der Waals surface area contributed by atoms with E-state index in [1.807, 2.05) is 24.0 Å². The zero-order chi connectivity index (χ0) is 10.4. The van der Waals surface area contributed by atoms with Gasteiger partial charge in [0.1, 0.15) is 0 Å². The molecule has 0 saturated heterocycles. The van der Waals surface area contributed by atoms with E-state index in [9.17, 15) is 0 Å². The van der Waals surface area contributed by atoms with Crippen LogP contribution >= 0.6 is 0 Å². The third kappa shape index (κ3) is 3.47.